The number of hydrogen-bond donors (Lipinski definition) is 2. The summed E-state index contributed by atoms with van der Waals surface area (Å²) in [6, 6.07) is 11.2. The highest BCUT2D eigenvalue weighted by molar-refractivity contribution is 7.98. The van der Waals surface area contributed by atoms with E-state index in [1.807, 2.05) is 30.5 Å². The topological polar surface area (TPSA) is 84.3 Å². The van der Waals surface area contributed by atoms with Crippen molar-refractivity contribution in [3.8, 4) is 0 Å². The summed E-state index contributed by atoms with van der Waals surface area (Å²) >= 11 is 1.66. The minimum Gasteiger partial charge on any atom is -0.375 e. The van der Waals surface area contributed by atoms with Gasteiger partial charge in [0.25, 0.3) is 5.69 Å². The molecule has 0 saturated carbocycles. The first kappa shape index (κ1) is 16.3. The minimum atomic E-state index is -0.393. The number of benzene rings is 2. The van der Waals surface area contributed by atoms with Crippen LogP contribution in [0.1, 0.15) is 17.5 Å². The van der Waals surface area contributed by atoms with Crippen molar-refractivity contribution in [2.24, 2.45) is 0 Å². The van der Waals surface area contributed by atoms with Crippen molar-refractivity contribution in [1.82, 2.24) is 0 Å². The van der Waals surface area contributed by atoms with Crippen LogP contribution in [0.25, 0.3) is 0 Å². The SMILES string of the molecule is CSc1ccc(CNc2cc3c(cc2[N+](=O)[O-])CCC(=O)N3)cc1. The molecular formula is C17H17N3O3S. The average molecular weight is 343 g/mol. The Labute approximate surface area is 143 Å². The van der Waals surface area contributed by atoms with E-state index >= 15 is 0 Å². The molecule has 1 aliphatic heterocycles. The van der Waals surface area contributed by atoms with Gasteiger partial charge in [0.05, 0.1) is 4.92 Å². The summed E-state index contributed by atoms with van der Waals surface area (Å²) in [5.74, 6) is -0.0602. The third-order valence-corrected chi connectivity index (χ3v) is 4.70. The van der Waals surface area contributed by atoms with Crippen LogP contribution in [0.3, 0.4) is 0 Å². The summed E-state index contributed by atoms with van der Waals surface area (Å²) in [5, 5.41) is 17.2. The summed E-state index contributed by atoms with van der Waals surface area (Å²) in [7, 11) is 0. The first-order valence-electron chi connectivity index (χ1n) is 7.55. The van der Waals surface area contributed by atoms with E-state index in [2.05, 4.69) is 10.6 Å². The molecule has 0 saturated heterocycles. The molecule has 0 spiro atoms. The van der Waals surface area contributed by atoms with Crippen molar-refractivity contribution in [2.45, 2.75) is 24.3 Å². The molecule has 1 aliphatic rings. The van der Waals surface area contributed by atoms with Crippen molar-refractivity contribution < 1.29 is 9.72 Å². The number of amides is 1. The lowest BCUT2D eigenvalue weighted by molar-refractivity contribution is -0.384. The maximum absolute atomic E-state index is 11.5. The Balaban J connectivity index is 1.84. The van der Waals surface area contributed by atoms with Crippen LogP contribution in [-0.2, 0) is 17.8 Å². The van der Waals surface area contributed by atoms with E-state index in [1.54, 1.807) is 23.9 Å². The molecule has 124 valence electrons. The summed E-state index contributed by atoms with van der Waals surface area (Å²) in [4.78, 5) is 23.6. The van der Waals surface area contributed by atoms with Gasteiger partial charge in [0.2, 0.25) is 5.91 Å². The molecule has 1 heterocycles. The lowest BCUT2D eigenvalue weighted by Gasteiger charge is -2.18. The van der Waals surface area contributed by atoms with E-state index in [1.165, 1.54) is 4.90 Å². The van der Waals surface area contributed by atoms with Crippen LogP contribution in [0, 0.1) is 10.1 Å². The number of fused-ring (bicyclic) bond motifs is 1. The van der Waals surface area contributed by atoms with Crippen LogP contribution < -0.4 is 10.6 Å². The molecule has 0 fully saturated rings. The van der Waals surface area contributed by atoms with Gasteiger partial charge in [0.15, 0.2) is 0 Å². The molecule has 7 heteroatoms. The van der Waals surface area contributed by atoms with Gasteiger partial charge in [-0.05, 0) is 42.0 Å². The zero-order chi connectivity index (χ0) is 17.1. The van der Waals surface area contributed by atoms with Gasteiger partial charge in [0, 0.05) is 29.6 Å². The van der Waals surface area contributed by atoms with Crippen molar-refractivity contribution >= 4 is 34.7 Å². The predicted octanol–water partition coefficient (Wildman–Crippen LogP) is 3.81. The quantitative estimate of drug-likeness (QED) is 0.490. The fourth-order valence-corrected chi connectivity index (χ4v) is 3.06. The van der Waals surface area contributed by atoms with Crippen LogP contribution >= 0.6 is 11.8 Å². The Kier molecular flexibility index (Phi) is 4.71. The highest BCUT2D eigenvalue weighted by Crippen LogP contribution is 2.34. The van der Waals surface area contributed by atoms with Crippen LogP contribution in [0.4, 0.5) is 17.1 Å². The van der Waals surface area contributed by atoms with Crippen molar-refractivity contribution in [1.29, 1.82) is 0 Å². The smallest absolute Gasteiger partial charge is 0.292 e. The second kappa shape index (κ2) is 6.92. The van der Waals surface area contributed by atoms with Crippen molar-refractivity contribution in [3.63, 3.8) is 0 Å². The van der Waals surface area contributed by atoms with E-state index in [0.717, 1.165) is 11.1 Å². The summed E-state index contributed by atoms with van der Waals surface area (Å²) in [6.07, 6.45) is 2.90. The van der Waals surface area contributed by atoms with Crippen molar-refractivity contribution in [3.05, 3.63) is 57.6 Å². The molecule has 2 aromatic carbocycles. The number of nitrogens with one attached hydrogen (secondary N) is 2. The third kappa shape index (κ3) is 3.51. The number of carbonyl (C=O) groups excluding carboxylic acids is 1. The zero-order valence-corrected chi connectivity index (χ0v) is 14.0. The number of anilines is 2. The van der Waals surface area contributed by atoms with Gasteiger partial charge in [-0.2, -0.15) is 0 Å². The third-order valence-electron chi connectivity index (χ3n) is 3.96. The Morgan fingerprint density at radius 3 is 2.67 bits per heavy atom. The molecule has 0 unspecified atom stereocenters. The summed E-state index contributed by atoms with van der Waals surface area (Å²) in [6.45, 7) is 0.474. The maximum atomic E-state index is 11.5. The molecule has 1 amide bonds. The molecular weight excluding hydrogens is 326 g/mol. The number of aryl methyl sites for hydroxylation is 1. The molecule has 0 atom stereocenters. The Bertz CT molecular complexity index is 790. The van der Waals surface area contributed by atoms with E-state index < -0.39 is 4.92 Å². The maximum Gasteiger partial charge on any atom is 0.292 e. The molecule has 0 radical (unpaired) electrons. The summed E-state index contributed by atoms with van der Waals surface area (Å²) in [5.41, 5.74) is 2.93. The highest BCUT2D eigenvalue weighted by Gasteiger charge is 2.22. The fraction of sp³-hybridized carbons (Fsp3) is 0.235. The number of nitro groups is 1. The fourth-order valence-electron chi connectivity index (χ4n) is 2.65. The van der Waals surface area contributed by atoms with Crippen molar-refractivity contribution in [2.75, 3.05) is 16.9 Å². The molecule has 24 heavy (non-hydrogen) atoms. The Morgan fingerprint density at radius 1 is 1.25 bits per heavy atom. The predicted molar refractivity (Wildman–Crippen MR) is 95.6 cm³/mol. The Morgan fingerprint density at radius 2 is 2.00 bits per heavy atom. The molecule has 3 rings (SSSR count). The molecule has 0 aliphatic carbocycles. The average Bonchev–Trinajstić information content (AvgIpc) is 2.59. The zero-order valence-electron chi connectivity index (χ0n) is 13.2. The van der Waals surface area contributed by atoms with Gasteiger partial charge >= 0.3 is 0 Å². The van der Waals surface area contributed by atoms with Gasteiger partial charge in [-0.25, -0.2) is 0 Å². The number of nitrogens with zero attached hydrogens (tertiary/aromatic N) is 1. The van der Waals surface area contributed by atoms with Gasteiger partial charge in [0.1, 0.15) is 5.69 Å². The molecule has 6 nitrogen and oxygen atoms in total. The van der Waals surface area contributed by atoms with Gasteiger partial charge in [-0.15, -0.1) is 11.8 Å². The minimum absolute atomic E-state index is 0.0330. The molecule has 0 bridgehead atoms. The second-order valence-corrected chi connectivity index (χ2v) is 6.41. The number of carbonyl (C=O) groups is 1. The summed E-state index contributed by atoms with van der Waals surface area (Å²) < 4.78 is 0. The van der Waals surface area contributed by atoms with E-state index in [4.69, 9.17) is 0 Å². The normalized spacial score (nSPS) is 13.1. The number of thioether (sulfide) groups is 1. The van der Waals surface area contributed by atoms with E-state index in [9.17, 15) is 14.9 Å². The van der Waals surface area contributed by atoms with E-state index in [0.29, 0.717) is 30.8 Å². The van der Waals surface area contributed by atoms with Gasteiger partial charge in [-0.3, -0.25) is 14.9 Å². The number of hydrogen-bond acceptors (Lipinski definition) is 5. The highest BCUT2D eigenvalue weighted by atomic mass is 32.2. The number of rotatable bonds is 5. The largest absolute Gasteiger partial charge is 0.375 e. The van der Waals surface area contributed by atoms with Crippen LogP contribution in [0.5, 0.6) is 0 Å². The van der Waals surface area contributed by atoms with Gasteiger partial charge in [-0.1, -0.05) is 12.1 Å². The monoisotopic (exact) mass is 343 g/mol. The van der Waals surface area contributed by atoms with Crippen LogP contribution in [0.2, 0.25) is 0 Å². The molecule has 2 aromatic rings. The first-order valence-corrected chi connectivity index (χ1v) is 8.77. The number of nitro benzene ring substituents is 1. The lowest BCUT2D eigenvalue weighted by Crippen LogP contribution is -2.19. The second-order valence-electron chi connectivity index (χ2n) is 5.53. The molecule has 0 aromatic heterocycles. The van der Waals surface area contributed by atoms with Gasteiger partial charge < -0.3 is 10.6 Å². The first-order chi connectivity index (χ1) is 11.6. The standard InChI is InChI=1S/C17H17N3O3S/c1-24-13-5-2-11(3-6-13)10-18-15-9-14-12(4-7-17(21)19-14)8-16(15)20(22)23/h2-3,5-6,8-9,18H,4,7,10H2,1H3,(H,19,21). The molecule has 2 N–H and O–H groups in total. The van der Waals surface area contributed by atoms with Crippen LogP contribution in [-0.4, -0.2) is 17.1 Å². The Hall–Kier alpha value is -2.54. The lowest BCUT2D eigenvalue weighted by atomic mass is 10.0. The van der Waals surface area contributed by atoms with E-state index in [-0.39, 0.29) is 11.6 Å². The van der Waals surface area contributed by atoms with Crippen LogP contribution in [0.15, 0.2) is 41.3 Å².